The highest BCUT2D eigenvalue weighted by Gasteiger charge is 2.13. The third kappa shape index (κ3) is 1.51. The summed E-state index contributed by atoms with van der Waals surface area (Å²) in [7, 11) is 1.81. The van der Waals surface area contributed by atoms with E-state index in [-0.39, 0.29) is 0 Å². The second kappa shape index (κ2) is 3.80. The van der Waals surface area contributed by atoms with E-state index < -0.39 is 0 Å². The lowest BCUT2D eigenvalue weighted by Gasteiger charge is -2.08. The maximum absolute atomic E-state index is 4.21. The molecule has 0 amide bonds. The first kappa shape index (κ1) is 9.82. The Labute approximate surface area is 87.7 Å². The Morgan fingerprint density at radius 2 is 2.27 bits per heavy atom. The fraction of sp³-hybridized carbons (Fsp3) is 0.556. The fourth-order valence-corrected chi connectivity index (χ4v) is 1.42. The summed E-state index contributed by atoms with van der Waals surface area (Å²) in [5, 5.41) is 11.2. The van der Waals surface area contributed by atoms with Gasteiger partial charge in [0.15, 0.2) is 17.0 Å². The zero-order valence-electron chi connectivity index (χ0n) is 9.10. The van der Waals surface area contributed by atoms with E-state index in [0.29, 0.717) is 6.04 Å². The number of fused-ring (bicyclic) bond motifs is 1. The minimum absolute atomic E-state index is 0.301. The molecule has 80 valence electrons. The van der Waals surface area contributed by atoms with Gasteiger partial charge in [0.2, 0.25) is 0 Å². The molecule has 0 aromatic carbocycles. The normalized spacial score (nSPS) is 13.0. The Hall–Kier alpha value is -1.72. The molecule has 2 rings (SSSR count). The van der Waals surface area contributed by atoms with E-state index in [0.717, 1.165) is 23.4 Å². The predicted molar refractivity (Wildman–Crippen MR) is 57.7 cm³/mol. The molecule has 0 aliphatic rings. The molecule has 0 aliphatic heterocycles. The molecule has 0 radical (unpaired) electrons. The van der Waals surface area contributed by atoms with Gasteiger partial charge in [0.25, 0.3) is 0 Å². The van der Waals surface area contributed by atoms with Crippen LogP contribution < -0.4 is 5.32 Å². The van der Waals surface area contributed by atoms with Gasteiger partial charge in [0, 0.05) is 7.05 Å². The summed E-state index contributed by atoms with van der Waals surface area (Å²) in [6, 6.07) is 0.301. The van der Waals surface area contributed by atoms with Crippen molar-refractivity contribution in [2.45, 2.75) is 26.3 Å². The van der Waals surface area contributed by atoms with Gasteiger partial charge in [-0.15, -0.1) is 5.10 Å². The summed E-state index contributed by atoms with van der Waals surface area (Å²) in [5.74, 6) is 0.717. The Morgan fingerprint density at radius 1 is 1.47 bits per heavy atom. The molecule has 15 heavy (non-hydrogen) atoms. The van der Waals surface area contributed by atoms with Crippen molar-refractivity contribution >= 4 is 17.0 Å². The average Bonchev–Trinajstić information content (AvgIpc) is 2.71. The molecule has 2 aromatic rings. The van der Waals surface area contributed by atoms with Crippen molar-refractivity contribution < 1.29 is 0 Å². The molecule has 0 fully saturated rings. The van der Waals surface area contributed by atoms with Gasteiger partial charge >= 0.3 is 0 Å². The summed E-state index contributed by atoms with van der Waals surface area (Å²) in [5.41, 5.74) is 1.50. The highest BCUT2D eigenvalue weighted by atomic mass is 15.5. The zero-order chi connectivity index (χ0) is 10.8. The first-order valence-corrected chi connectivity index (χ1v) is 5.01. The van der Waals surface area contributed by atoms with Crippen molar-refractivity contribution in [3.63, 3.8) is 0 Å². The summed E-state index contributed by atoms with van der Waals surface area (Å²) >= 11 is 0. The molecule has 1 atom stereocenters. The van der Waals surface area contributed by atoms with Crippen LogP contribution in [0.4, 0.5) is 5.82 Å². The lowest BCUT2D eigenvalue weighted by molar-refractivity contribution is 0.475. The van der Waals surface area contributed by atoms with Gasteiger partial charge < -0.3 is 5.32 Å². The number of anilines is 1. The number of rotatable bonds is 3. The molecular formula is C9H14N6. The third-order valence-corrected chi connectivity index (χ3v) is 2.51. The van der Waals surface area contributed by atoms with E-state index in [2.05, 4.69) is 39.4 Å². The van der Waals surface area contributed by atoms with Crippen molar-refractivity contribution in [3.8, 4) is 0 Å². The summed E-state index contributed by atoms with van der Waals surface area (Å²) in [6.45, 7) is 4.20. The molecule has 1 unspecified atom stereocenters. The molecule has 2 heterocycles. The summed E-state index contributed by atoms with van der Waals surface area (Å²) in [4.78, 5) is 8.29. The molecule has 0 aliphatic carbocycles. The molecule has 0 saturated heterocycles. The van der Waals surface area contributed by atoms with Crippen LogP contribution in [0, 0.1) is 0 Å². The van der Waals surface area contributed by atoms with Crippen molar-refractivity contribution in [2.24, 2.45) is 0 Å². The van der Waals surface area contributed by atoms with Crippen LogP contribution in [-0.2, 0) is 0 Å². The number of hydrogen-bond donors (Lipinski definition) is 1. The highest BCUT2D eigenvalue weighted by molar-refractivity contribution is 5.81. The SMILES string of the molecule is CCC(C)n1nnc2c(NC)ncnc21. The standard InChI is InChI=1S/C9H14N6/c1-4-6(2)15-9-7(13-14-15)8(10-3)11-5-12-9/h5-6H,4H2,1-3H3,(H,10,11,12). The Morgan fingerprint density at radius 3 is 2.93 bits per heavy atom. The van der Waals surface area contributed by atoms with E-state index in [1.165, 1.54) is 6.33 Å². The molecule has 6 nitrogen and oxygen atoms in total. The van der Waals surface area contributed by atoms with E-state index in [1.807, 2.05) is 11.7 Å². The first-order valence-electron chi connectivity index (χ1n) is 5.01. The average molecular weight is 206 g/mol. The summed E-state index contributed by atoms with van der Waals surface area (Å²) < 4.78 is 1.83. The van der Waals surface area contributed by atoms with Gasteiger partial charge in [-0.3, -0.25) is 0 Å². The Kier molecular flexibility index (Phi) is 2.49. The van der Waals surface area contributed by atoms with Crippen LogP contribution in [0.25, 0.3) is 11.2 Å². The molecule has 1 N–H and O–H groups in total. The van der Waals surface area contributed by atoms with E-state index in [9.17, 15) is 0 Å². The maximum Gasteiger partial charge on any atom is 0.184 e. The van der Waals surface area contributed by atoms with Gasteiger partial charge in [-0.05, 0) is 13.3 Å². The molecule has 0 spiro atoms. The Bertz CT molecular complexity index is 463. The van der Waals surface area contributed by atoms with Gasteiger partial charge in [-0.2, -0.15) is 0 Å². The van der Waals surface area contributed by atoms with Gasteiger partial charge in [-0.25, -0.2) is 14.6 Å². The first-order chi connectivity index (χ1) is 7.27. The van der Waals surface area contributed by atoms with Crippen molar-refractivity contribution in [1.82, 2.24) is 25.0 Å². The van der Waals surface area contributed by atoms with Crippen molar-refractivity contribution in [3.05, 3.63) is 6.33 Å². The lowest BCUT2D eigenvalue weighted by Crippen LogP contribution is -2.06. The van der Waals surface area contributed by atoms with Gasteiger partial charge in [0.1, 0.15) is 6.33 Å². The van der Waals surface area contributed by atoms with Crippen LogP contribution in [0.2, 0.25) is 0 Å². The second-order valence-corrected chi connectivity index (χ2v) is 3.44. The number of aromatic nitrogens is 5. The Balaban J connectivity index is 2.60. The highest BCUT2D eigenvalue weighted by Crippen LogP contribution is 2.19. The minimum Gasteiger partial charge on any atom is -0.371 e. The fourth-order valence-electron chi connectivity index (χ4n) is 1.42. The van der Waals surface area contributed by atoms with Crippen LogP contribution in [0.1, 0.15) is 26.3 Å². The van der Waals surface area contributed by atoms with E-state index in [1.54, 1.807) is 0 Å². The molecule has 0 saturated carbocycles. The van der Waals surface area contributed by atoms with E-state index in [4.69, 9.17) is 0 Å². The van der Waals surface area contributed by atoms with Crippen molar-refractivity contribution in [2.75, 3.05) is 12.4 Å². The summed E-state index contributed by atoms with van der Waals surface area (Å²) in [6.07, 6.45) is 2.52. The van der Waals surface area contributed by atoms with Crippen molar-refractivity contribution in [1.29, 1.82) is 0 Å². The minimum atomic E-state index is 0.301. The zero-order valence-corrected chi connectivity index (χ0v) is 9.10. The largest absolute Gasteiger partial charge is 0.371 e. The molecule has 2 aromatic heterocycles. The third-order valence-electron chi connectivity index (χ3n) is 2.51. The van der Waals surface area contributed by atoms with Crippen LogP contribution in [0.3, 0.4) is 0 Å². The lowest BCUT2D eigenvalue weighted by atomic mass is 10.3. The predicted octanol–water partition coefficient (Wildman–Crippen LogP) is 1.23. The smallest absolute Gasteiger partial charge is 0.184 e. The number of nitrogens with zero attached hydrogens (tertiary/aromatic N) is 5. The number of nitrogens with one attached hydrogen (secondary N) is 1. The van der Waals surface area contributed by atoms with Gasteiger partial charge in [0.05, 0.1) is 6.04 Å². The molecule has 0 bridgehead atoms. The van der Waals surface area contributed by atoms with Crippen LogP contribution in [0.15, 0.2) is 6.33 Å². The van der Waals surface area contributed by atoms with E-state index >= 15 is 0 Å². The molecule has 6 heteroatoms. The second-order valence-electron chi connectivity index (χ2n) is 3.44. The number of hydrogen-bond acceptors (Lipinski definition) is 5. The quantitative estimate of drug-likeness (QED) is 0.818. The molecular weight excluding hydrogens is 192 g/mol. The van der Waals surface area contributed by atoms with Crippen LogP contribution in [0.5, 0.6) is 0 Å². The topological polar surface area (TPSA) is 68.5 Å². The van der Waals surface area contributed by atoms with Crippen LogP contribution in [-0.4, -0.2) is 32.0 Å². The monoisotopic (exact) mass is 206 g/mol. The van der Waals surface area contributed by atoms with Crippen LogP contribution >= 0.6 is 0 Å². The maximum atomic E-state index is 4.21. The van der Waals surface area contributed by atoms with Gasteiger partial charge in [-0.1, -0.05) is 12.1 Å².